The molecule has 0 radical (unpaired) electrons. The van der Waals surface area contributed by atoms with Crippen LogP contribution in [0.1, 0.15) is 5.56 Å². The highest BCUT2D eigenvalue weighted by Crippen LogP contribution is 2.32. The van der Waals surface area contributed by atoms with E-state index in [-0.39, 0.29) is 21.5 Å². The maximum absolute atomic E-state index is 12.5. The molecule has 1 heterocycles. The topological polar surface area (TPSA) is 44.1 Å². The number of rotatable bonds is 2. The van der Waals surface area contributed by atoms with Gasteiger partial charge in [0.15, 0.2) is 0 Å². The van der Waals surface area contributed by atoms with Crippen LogP contribution >= 0.6 is 23.2 Å². The minimum Gasteiger partial charge on any atom is -0.495 e. The second-order valence-corrected chi connectivity index (χ2v) is 4.74. The molecule has 2 aromatic rings. The van der Waals surface area contributed by atoms with Gasteiger partial charge in [0.2, 0.25) is 0 Å². The minimum atomic E-state index is -4.65. The third-order valence-electron chi connectivity index (χ3n) is 2.58. The summed E-state index contributed by atoms with van der Waals surface area (Å²) >= 11 is 11.8. The van der Waals surface area contributed by atoms with Crippen LogP contribution in [0, 0.1) is 0 Å². The molecular weight excluding hydrogens is 332 g/mol. The second kappa shape index (κ2) is 5.57. The number of halogens is 5. The van der Waals surface area contributed by atoms with Gasteiger partial charge in [-0.2, -0.15) is 23.0 Å². The van der Waals surface area contributed by atoms with Crippen LogP contribution in [0.2, 0.25) is 10.0 Å². The fourth-order valence-corrected chi connectivity index (χ4v) is 2.12. The summed E-state index contributed by atoms with van der Waals surface area (Å²) in [5, 5.41) is 3.73. The van der Waals surface area contributed by atoms with Gasteiger partial charge in [-0.1, -0.05) is 23.2 Å². The number of methoxy groups -OCH3 is 1. The molecular formula is C12H7Cl2F3N2O2. The van der Waals surface area contributed by atoms with Crippen molar-refractivity contribution in [3.63, 3.8) is 0 Å². The molecule has 0 aliphatic carbocycles. The highest BCUT2D eigenvalue weighted by atomic mass is 35.5. The fraction of sp³-hybridized carbons (Fsp3) is 0.167. The van der Waals surface area contributed by atoms with Crippen LogP contribution in [-0.4, -0.2) is 16.9 Å². The van der Waals surface area contributed by atoms with Crippen LogP contribution in [0.5, 0.6) is 5.75 Å². The monoisotopic (exact) mass is 338 g/mol. The molecule has 0 atom stereocenters. The number of aromatic nitrogens is 2. The lowest BCUT2D eigenvalue weighted by atomic mass is 10.2. The Balaban J connectivity index is 2.61. The second-order valence-electron chi connectivity index (χ2n) is 3.93. The highest BCUT2D eigenvalue weighted by molar-refractivity contribution is 6.36. The van der Waals surface area contributed by atoms with Gasteiger partial charge in [-0.15, -0.1) is 0 Å². The summed E-state index contributed by atoms with van der Waals surface area (Å²) in [4.78, 5) is 11.8. The minimum absolute atomic E-state index is 0.0511. The van der Waals surface area contributed by atoms with E-state index in [1.54, 1.807) is 0 Å². The molecule has 2 rings (SSSR count). The van der Waals surface area contributed by atoms with E-state index < -0.39 is 17.3 Å². The summed E-state index contributed by atoms with van der Waals surface area (Å²) in [6.07, 6.45) is -4.11. The molecule has 0 bridgehead atoms. The van der Waals surface area contributed by atoms with Crippen LogP contribution in [0.4, 0.5) is 13.2 Å². The number of benzene rings is 1. The Morgan fingerprint density at radius 3 is 2.38 bits per heavy atom. The quantitative estimate of drug-likeness (QED) is 0.840. The van der Waals surface area contributed by atoms with E-state index in [2.05, 4.69) is 5.10 Å². The molecule has 0 N–H and O–H groups in total. The Morgan fingerprint density at radius 2 is 1.86 bits per heavy atom. The summed E-state index contributed by atoms with van der Waals surface area (Å²) in [6.45, 7) is 0. The summed E-state index contributed by atoms with van der Waals surface area (Å²) < 4.78 is 43.2. The van der Waals surface area contributed by atoms with Gasteiger partial charge in [0.1, 0.15) is 5.75 Å². The van der Waals surface area contributed by atoms with Gasteiger partial charge < -0.3 is 4.74 Å². The summed E-state index contributed by atoms with van der Waals surface area (Å²) in [7, 11) is 1.35. The van der Waals surface area contributed by atoms with Crippen molar-refractivity contribution in [2.75, 3.05) is 7.11 Å². The smallest absolute Gasteiger partial charge is 0.418 e. The summed E-state index contributed by atoms with van der Waals surface area (Å²) in [5.41, 5.74) is -2.05. The first-order valence-corrected chi connectivity index (χ1v) is 6.19. The van der Waals surface area contributed by atoms with E-state index in [1.807, 2.05) is 0 Å². The molecule has 0 unspecified atom stereocenters. The predicted molar refractivity (Wildman–Crippen MR) is 71.4 cm³/mol. The van der Waals surface area contributed by atoms with Gasteiger partial charge in [-0.05, 0) is 6.07 Å². The van der Waals surface area contributed by atoms with Crippen molar-refractivity contribution in [1.82, 2.24) is 9.78 Å². The van der Waals surface area contributed by atoms with Gasteiger partial charge in [0, 0.05) is 12.1 Å². The molecule has 4 nitrogen and oxygen atoms in total. The molecule has 112 valence electrons. The van der Waals surface area contributed by atoms with Crippen molar-refractivity contribution in [2.24, 2.45) is 0 Å². The molecule has 9 heteroatoms. The van der Waals surface area contributed by atoms with E-state index in [0.29, 0.717) is 12.3 Å². The maximum Gasteiger partial charge on any atom is 0.418 e. The summed E-state index contributed by atoms with van der Waals surface area (Å²) in [6, 6.07) is 3.06. The SMILES string of the molecule is COc1cc(-n2ncc(C(F)(F)F)cc2=O)c(Cl)cc1Cl. The standard InChI is InChI=1S/C12H7Cl2F3N2O2/c1-21-10-4-9(7(13)3-8(10)14)19-11(20)2-6(5-18-19)12(15,16)17/h2-5H,1H3. The Hall–Kier alpha value is -1.73. The third kappa shape index (κ3) is 3.14. The Kier molecular flexibility index (Phi) is 4.15. The lowest BCUT2D eigenvalue weighted by Gasteiger charge is -2.11. The Bertz CT molecular complexity index is 744. The van der Waals surface area contributed by atoms with Crippen molar-refractivity contribution in [3.8, 4) is 11.4 Å². The van der Waals surface area contributed by atoms with Crippen LogP contribution < -0.4 is 10.3 Å². The molecule has 0 fully saturated rings. The van der Waals surface area contributed by atoms with Crippen molar-refractivity contribution in [1.29, 1.82) is 0 Å². The zero-order valence-corrected chi connectivity index (χ0v) is 11.9. The van der Waals surface area contributed by atoms with E-state index in [4.69, 9.17) is 27.9 Å². The maximum atomic E-state index is 12.5. The largest absolute Gasteiger partial charge is 0.495 e. The van der Waals surface area contributed by atoms with E-state index in [1.165, 1.54) is 19.2 Å². The first-order valence-electron chi connectivity index (χ1n) is 5.44. The normalized spacial score (nSPS) is 11.5. The van der Waals surface area contributed by atoms with E-state index in [0.717, 1.165) is 4.68 Å². The van der Waals surface area contributed by atoms with Crippen molar-refractivity contribution in [2.45, 2.75) is 6.18 Å². The molecule has 21 heavy (non-hydrogen) atoms. The lowest BCUT2D eigenvalue weighted by molar-refractivity contribution is -0.138. The van der Waals surface area contributed by atoms with Crippen LogP contribution in [0.25, 0.3) is 5.69 Å². The fourth-order valence-electron chi connectivity index (χ4n) is 1.58. The first-order chi connectivity index (χ1) is 9.74. The first kappa shape index (κ1) is 15.7. The van der Waals surface area contributed by atoms with Crippen molar-refractivity contribution >= 4 is 23.2 Å². The molecule has 1 aromatic heterocycles. The van der Waals surface area contributed by atoms with Gasteiger partial charge in [-0.3, -0.25) is 4.79 Å². The van der Waals surface area contributed by atoms with E-state index >= 15 is 0 Å². The van der Waals surface area contributed by atoms with E-state index in [9.17, 15) is 18.0 Å². The molecule has 0 amide bonds. The highest BCUT2D eigenvalue weighted by Gasteiger charge is 2.31. The number of nitrogens with zero attached hydrogens (tertiary/aromatic N) is 2. The van der Waals surface area contributed by atoms with Gasteiger partial charge in [-0.25, -0.2) is 0 Å². The predicted octanol–water partition coefficient (Wildman–Crippen LogP) is 3.57. The molecule has 0 spiro atoms. The number of hydrogen-bond acceptors (Lipinski definition) is 3. The number of hydrogen-bond donors (Lipinski definition) is 0. The Morgan fingerprint density at radius 1 is 1.19 bits per heavy atom. The van der Waals surface area contributed by atoms with Crippen molar-refractivity contribution in [3.05, 3.63) is 50.4 Å². The zero-order chi connectivity index (χ0) is 15.8. The van der Waals surface area contributed by atoms with Gasteiger partial charge >= 0.3 is 6.18 Å². The molecule has 0 saturated carbocycles. The van der Waals surface area contributed by atoms with Crippen LogP contribution in [0.15, 0.2) is 29.2 Å². The lowest BCUT2D eigenvalue weighted by Crippen LogP contribution is -2.23. The summed E-state index contributed by atoms with van der Waals surface area (Å²) in [5.74, 6) is 0.213. The zero-order valence-electron chi connectivity index (χ0n) is 10.4. The average Bonchev–Trinajstić information content (AvgIpc) is 2.38. The van der Waals surface area contributed by atoms with Gasteiger partial charge in [0.05, 0.1) is 34.6 Å². The molecule has 0 aliphatic heterocycles. The Labute approximate surface area is 126 Å². The average molecular weight is 339 g/mol. The number of alkyl halides is 3. The van der Waals surface area contributed by atoms with Gasteiger partial charge in [0.25, 0.3) is 5.56 Å². The van der Waals surface area contributed by atoms with Crippen molar-refractivity contribution < 1.29 is 17.9 Å². The van der Waals surface area contributed by atoms with Crippen LogP contribution in [0.3, 0.4) is 0 Å². The molecule has 0 saturated heterocycles. The number of ether oxygens (including phenoxy) is 1. The molecule has 1 aromatic carbocycles. The van der Waals surface area contributed by atoms with Crippen LogP contribution in [-0.2, 0) is 6.18 Å². The molecule has 0 aliphatic rings. The third-order valence-corrected chi connectivity index (χ3v) is 3.17.